The summed E-state index contributed by atoms with van der Waals surface area (Å²) < 4.78 is 19.9. The molecule has 0 spiro atoms. The lowest BCUT2D eigenvalue weighted by Crippen LogP contribution is -2.21. The van der Waals surface area contributed by atoms with Gasteiger partial charge in [0.2, 0.25) is 0 Å². The molecule has 1 aromatic rings. The molecule has 0 atom stereocenters. The third kappa shape index (κ3) is 18.4. The van der Waals surface area contributed by atoms with E-state index >= 15 is 0 Å². The second-order valence-electron chi connectivity index (χ2n) is 10.7. The average molecular weight is 538 g/mol. The fourth-order valence-corrected chi connectivity index (χ4v) is 6.99. The van der Waals surface area contributed by atoms with Gasteiger partial charge in [-0.3, -0.25) is 0 Å². The minimum Gasteiger partial charge on any atom is -0.174 e. The van der Waals surface area contributed by atoms with Crippen LogP contribution < -0.4 is 5.30 Å². The standard InChI is InChI=1S/C33H62O3P/c1-4-7-10-13-16-19-25-30-34-37(33-28-23-22-24-29-33,35-31-26-20-17-14-11-8-5-2)36-32-27-21-18-15-12-9-6-3/h22-24,28-29H,4-21,25-27,30-32H2,1-3H3/q+1. The van der Waals surface area contributed by atoms with Crippen molar-refractivity contribution in [2.24, 2.45) is 0 Å². The predicted octanol–water partition coefficient (Wildman–Crippen LogP) is 11.4. The Morgan fingerprint density at radius 1 is 0.405 bits per heavy atom. The van der Waals surface area contributed by atoms with Crippen molar-refractivity contribution in [2.45, 2.75) is 156 Å². The fraction of sp³-hybridized carbons (Fsp3) is 0.818. The van der Waals surface area contributed by atoms with Gasteiger partial charge in [-0.25, -0.2) is 0 Å². The normalized spacial score (nSPS) is 11.9. The van der Waals surface area contributed by atoms with Crippen LogP contribution in [0.5, 0.6) is 0 Å². The third-order valence-corrected chi connectivity index (χ3v) is 9.60. The summed E-state index contributed by atoms with van der Waals surface area (Å²) >= 11 is 0. The maximum Gasteiger partial charge on any atom is 0.448 e. The van der Waals surface area contributed by atoms with Crippen LogP contribution in [-0.4, -0.2) is 19.8 Å². The average Bonchev–Trinajstić information content (AvgIpc) is 2.93. The summed E-state index contributed by atoms with van der Waals surface area (Å²) in [6.45, 7) is 9.01. The summed E-state index contributed by atoms with van der Waals surface area (Å²) in [5, 5.41) is 1.10. The monoisotopic (exact) mass is 537 g/mol. The lowest BCUT2D eigenvalue weighted by molar-refractivity contribution is 0.140. The molecule has 0 amide bonds. The highest BCUT2D eigenvalue weighted by Gasteiger charge is 2.48. The van der Waals surface area contributed by atoms with Crippen LogP contribution in [0.15, 0.2) is 30.3 Å². The molecule has 0 radical (unpaired) electrons. The van der Waals surface area contributed by atoms with Gasteiger partial charge in [0.25, 0.3) is 0 Å². The van der Waals surface area contributed by atoms with Gasteiger partial charge in [-0.05, 0) is 31.4 Å². The van der Waals surface area contributed by atoms with E-state index in [-0.39, 0.29) is 0 Å². The largest absolute Gasteiger partial charge is 0.448 e. The van der Waals surface area contributed by atoms with Gasteiger partial charge in [-0.2, -0.15) is 13.6 Å². The molecule has 3 nitrogen and oxygen atoms in total. The van der Waals surface area contributed by atoms with Gasteiger partial charge >= 0.3 is 7.94 Å². The molecule has 0 aromatic heterocycles. The summed E-state index contributed by atoms with van der Waals surface area (Å²) in [6.07, 6.45) is 27.0. The summed E-state index contributed by atoms with van der Waals surface area (Å²) in [6, 6.07) is 10.5. The van der Waals surface area contributed by atoms with Crippen molar-refractivity contribution in [3.05, 3.63) is 30.3 Å². The first-order valence-corrected chi connectivity index (χ1v) is 17.7. The Balaban J connectivity index is 2.62. The van der Waals surface area contributed by atoms with Crippen LogP contribution in [0.4, 0.5) is 0 Å². The Labute approximate surface area is 232 Å². The highest BCUT2D eigenvalue weighted by Crippen LogP contribution is 2.61. The van der Waals surface area contributed by atoms with Crippen LogP contribution in [0.3, 0.4) is 0 Å². The summed E-state index contributed by atoms with van der Waals surface area (Å²) in [7, 11) is -2.55. The van der Waals surface area contributed by atoms with Crippen molar-refractivity contribution in [2.75, 3.05) is 19.8 Å². The van der Waals surface area contributed by atoms with Crippen LogP contribution in [0.1, 0.15) is 156 Å². The van der Waals surface area contributed by atoms with Gasteiger partial charge < -0.3 is 0 Å². The molecule has 0 aliphatic rings. The number of unbranched alkanes of at least 4 members (excludes halogenated alkanes) is 18. The topological polar surface area (TPSA) is 27.7 Å². The molecule has 0 fully saturated rings. The van der Waals surface area contributed by atoms with Crippen molar-refractivity contribution in [1.29, 1.82) is 0 Å². The van der Waals surface area contributed by atoms with E-state index in [1.807, 2.05) is 0 Å². The first-order valence-electron chi connectivity index (χ1n) is 16.2. The van der Waals surface area contributed by atoms with E-state index in [0.29, 0.717) is 0 Å². The summed E-state index contributed by atoms with van der Waals surface area (Å²) in [5.74, 6) is 0. The van der Waals surface area contributed by atoms with Gasteiger partial charge in [0.1, 0.15) is 0 Å². The summed E-state index contributed by atoms with van der Waals surface area (Å²) in [4.78, 5) is 0. The van der Waals surface area contributed by atoms with Crippen molar-refractivity contribution in [3.8, 4) is 0 Å². The lowest BCUT2D eigenvalue weighted by Gasteiger charge is -2.22. The molecule has 0 aliphatic heterocycles. The van der Waals surface area contributed by atoms with E-state index in [4.69, 9.17) is 13.6 Å². The fourth-order valence-electron chi connectivity index (χ4n) is 4.68. The van der Waals surface area contributed by atoms with E-state index in [1.165, 1.54) is 116 Å². The Kier molecular flexibility index (Phi) is 24.1. The predicted molar refractivity (Wildman–Crippen MR) is 165 cm³/mol. The molecule has 0 saturated heterocycles. The van der Waals surface area contributed by atoms with Crippen LogP contribution >= 0.6 is 7.94 Å². The first-order chi connectivity index (χ1) is 18.3. The van der Waals surface area contributed by atoms with Crippen LogP contribution in [-0.2, 0) is 13.6 Å². The second-order valence-corrected chi connectivity index (χ2v) is 13.0. The SMILES string of the molecule is CCCCCCCCCO[P+](OCCCCCCCCC)(OCCCCCCCCC)c1ccccc1. The van der Waals surface area contributed by atoms with E-state index in [1.54, 1.807) is 0 Å². The lowest BCUT2D eigenvalue weighted by atomic mass is 10.1. The van der Waals surface area contributed by atoms with Crippen molar-refractivity contribution in [1.82, 2.24) is 0 Å². The Morgan fingerprint density at radius 3 is 1.03 bits per heavy atom. The zero-order valence-corrected chi connectivity index (χ0v) is 25.9. The minimum absolute atomic E-state index is 0.727. The second kappa shape index (κ2) is 25.8. The van der Waals surface area contributed by atoms with Gasteiger partial charge in [0.05, 0.1) is 19.8 Å². The first kappa shape index (κ1) is 34.6. The van der Waals surface area contributed by atoms with Gasteiger partial charge in [-0.15, -0.1) is 0 Å². The molecule has 0 aliphatic carbocycles. The van der Waals surface area contributed by atoms with Gasteiger partial charge in [-0.1, -0.05) is 155 Å². The molecule has 37 heavy (non-hydrogen) atoms. The van der Waals surface area contributed by atoms with Crippen LogP contribution in [0.25, 0.3) is 0 Å². The molecule has 4 heteroatoms. The number of hydrogen-bond donors (Lipinski definition) is 0. The molecule has 0 saturated carbocycles. The van der Waals surface area contributed by atoms with E-state index in [0.717, 1.165) is 44.4 Å². The highest BCUT2D eigenvalue weighted by atomic mass is 31.2. The zero-order chi connectivity index (χ0) is 26.7. The Morgan fingerprint density at radius 2 is 0.703 bits per heavy atom. The van der Waals surface area contributed by atoms with Gasteiger partial charge in [0.15, 0.2) is 5.30 Å². The van der Waals surface area contributed by atoms with Gasteiger partial charge in [0, 0.05) is 0 Å². The molecular formula is C33H62O3P+. The Hall–Kier alpha value is -0.470. The molecular weight excluding hydrogens is 475 g/mol. The maximum atomic E-state index is 6.63. The Bertz CT molecular complexity index is 530. The third-order valence-electron chi connectivity index (χ3n) is 7.10. The highest BCUT2D eigenvalue weighted by molar-refractivity contribution is 7.69. The smallest absolute Gasteiger partial charge is 0.174 e. The number of benzene rings is 1. The molecule has 0 N–H and O–H groups in total. The van der Waals surface area contributed by atoms with Crippen molar-refractivity contribution >= 4 is 13.2 Å². The molecule has 0 bridgehead atoms. The van der Waals surface area contributed by atoms with Crippen molar-refractivity contribution in [3.63, 3.8) is 0 Å². The van der Waals surface area contributed by atoms with Crippen LogP contribution in [0, 0.1) is 0 Å². The zero-order valence-electron chi connectivity index (χ0n) is 25.0. The molecule has 0 unspecified atom stereocenters. The number of hydrogen-bond acceptors (Lipinski definition) is 3. The molecule has 216 valence electrons. The quantitative estimate of drug-likeness (QED) is 0.0785. The minimum atomic E-state index is -2.55. The van der Waals surface area contributed by atoms with E-state index < -0.39 is 7.94 Å². The molecule has 1 aromatic carbocycles. The molecule has 1 rings (SSSR count). The van der Waals surface area contributed by atoms with Crippen molar-refractivity contribution < 1.29 is 13.6 Å². The van der Waals surface area contributed by atoms with E-state index in [9.17, 15) is 0 Å². The maximum absolute atomic E-state index is 6.63. The van der Waals surface area contributed by atoms with Crippen LogP contribution in [0.2, 0.25) is 0 Å². The van der Waals surface area contributed by atoms with E-state index in [2.05, 4.69) is 51.1 Å². The number of rotatable bonds is 28. The molecule has 0 heterocycles. The summed E-state index contributed by atoms with van der Waals surface area (Å²) in [5.41, 5.74) is 0.